The summed E-state index contributed by atoms with van der Waals surface area (Å²) in [4.78, 5) is 27.5. The minimum atomic E-state index is -0.446. The zero-order chi connectivity index (χ0) is 17.1. The molecular weight excluding hydrogens is 292 g/mol. The molecule has 1 aromatic carbocycles. The average molecular weight is 314 g/mol. The van der Waals surface area contributed by atoms with E-state index in [4.69, 9.17) is 4.74 Å². The number of amides is 1. The fourth-order valence-corrected chi connectivity index (χ4v) is 2.74. The van der Waals surface area contributed by atoms with Gasteiger partial charge in [0.25, 0.3) is 5.91 Å². The van der Waals surface area contributed by atoms with Gasteiger partial charge in [-0.15, -0.1) is 0 Å². The van der Waals surface area contributed by atoms with E-state index in [0.29, 0.717) is 29.1 Å². The van der Waals surface area contributed by atoms with Gasteiger partial charge in [-0.25, -0.2) is 4.79 Å². The third kappa shape index (κ3) is 3.62. The van der Waals surface area contributed by atoms with E-state index in [1.165, 1.54) is 0 Å². The Morgan fingerprint density at radius 3 is 2.26 bits per heavy atom. The summed E-state index contributed by atoms with van der Waals surface area (Å²) >= 11 is 0. The Labute approximate surface area is 136 Å². The first-order valence-corrected chi connectivity index (χ1v) is 7.59. The quantitative estimate of drug-likeness (QED) is 0.846. The molecule has 1 amide bonds. The van der Waals surface area contributed by atoms with E-state index >= 15 is 0 Å². The second-order valence-corrected chi connectivity index (χ2v) is 5.68. The van der Waals surface area contributed by atoms with Crippen LogP contribution < -0.4 is 5.32 Å². The summed E-state index contributed by atoms with van der Waals surface area (Å²) in [5.74, 6) is -0.685. The van der Waals surface area contributed by atoms with Crippen molar-refractivity contribution in [2.75, 3.05) is 11.9 Å². The smallest absolute Gasteiger partial charge is 0.355 e. The summed E-state index contributed by atoms with van der Waals surface area (Å²) in [5, 5.41) is 2.89. The fourth-order valence-electron chi connectivity index (χ4n) is 2.74. The number of anilines is 1. The highest BCUT2D eigenvalue weighted by Crippen LogP contribution is 2.21. The first-order valence-electron chi connectivity index (χ1n) is 7.59. The van der Waals surface area contributed by atoms with E-state index in [2.05, 4.69) is 10.3 Å². The SMILES string of the molecule is CCOC(=O)c1[nH]c(C)c(C(=O)Nc2cc(C)cc(C)c2)c1C. The van der Waals surface area contributed by atoms with Gasteiger partial charge >= 0.3 is 5.97 Å². The van der Waals surface area contributed by atoms with Gasteiger partial charge in [-0.1, -0.05) is 6.07 Å². The summed E-state index contributed by atoms with van der Waals surface area (Å²) < 4.78 is 5.00. The Balaban J connectivity index is 2.31. The molecule has 0 atom stereocenters. The first-order chi connectivity index (χ1) is 10.8. The lowest BCUT2D eigenvalue weighted by molar-refractivity contribution is 0.0519. The molecule has 5 nitrogen and oxygen atoms in total. The van der Waals surface area contributed by atoms with E-state index in [1.54, 1.807) is 20.8 Å². The molecular formula is C18H22N2O3. The molecule has 2 rings (SSSR count). The van der Waals surface area contributed by atoms with Crippen LogP contribution in [-0.4, -0.2) is 23.5 Å². The summed E-state index contributed by atoms with van der Waals surface area (Å²) in [5.41, 5.74) is 4.95. The maximum atomic E-state index is 12.6. The Morgan fingerprint density at radius 1 is 1.09 bits per heavy atom. The minimum Gasteiger partial charge on any atom is -0.461 e. The van der Waals surface area contributed by atoms with Gasteiger partial charge in [0, 0.05) is 11.4 Å². The van der Waals surface area contributed by atoms with Crippen LogP contribution in [0.4, 0.5) is 5.69 Å². The van der Waals surface area contributed by atoms with E-state index < -0.39 is 5.97 Å². The van der Waals surface area contributed by atoms with Crippen molar-refractivity contribution in [3.05, 3.63) is 51.8 Å². The van der Waals surface area contributed by atoms with Gasteiger partial charge in [0.2, 0.25) is 0 Å². The van der Waals surface area contributed by atoms with E-state index in [0.717, 1.165) is 16.8 Å². The number of rotatable bonds is 4. The monoisotopic (exact) mass is 314 g/mol. The first kappa shape index (κ1) is 16.8. The van der Waals surface area contributed by atoms with Crippen molar-refractivity contribution in [2.24, 2.45) is 0 Å². The van der Waals surface area contributed by atoms with Gasteiger partial charge in [-0.3, -0.25) is 4.79 Å². The van der Waals surface area contributed by atoms with Crippen molar-refractivity contribution in [3.63, 3.8) is 0 Å². The maximum Gasteiger partial charge on any atom is 0.355 e. The molecule has 0 spiro atoms. The topological polar surface area (TPSA) is 71.2 Å². The molecule has 5 heteroatoms. The van der Waals surface area contributed by atoms with E-state index in [1.807, 2.05) is 32.0 Å². The Hall–Kier alpha value is -2.56. The van der Waals surface area contributed by atoms with Crippen molar-refractivity contribution in [3.8, 4) is 0 Å². The Bertz CT molecular complexity index is 740. The lowest BCUT2D eigenvalue weighted by Crippen LogP contribution is -2.14. The number of ether oxygens (including phenoxy) is 1. The fraction of sp³-hybridized carbons (Fsp3) is 0.333. The standard InChI is InChI=1S/C18H22N2O3/c1-6-23-18(22)16-12(4)15(13(5)19-16)17(21)20-14-8-10(2)7-11(3)9-14/h7-9,19H,6H2,1-5H3,(H,20,21). The van der Waals surface area contributed by atoms with Gasteiger partial charge in [0.15, 0.2) is 0 Å². The summed E-state index contributed by atoms with van der Waals surface area (Å²) in [6, 6.07) is 5.87. The van der Waals surface area contributed by atoms with Crippen LogP contribution in [0.25, 0.3) is 0 Å². The number of hydrogen-bond donors (Lipinski definition) is 2. The summed E-state index contributed by atoms with van der Waals surface area (Å²) in [7, 11) is 0. The molecule has 0 bridgehead atoms. The third-order valence-corrected chi connectivity index (χ3v) is 3.62. The molecule has 0 saturated carbocycles. The van der Waals surface area contributed by atoms with Crippen LogP contribution in [-0.2, 0) is 4.74 Å². The molecule has 0 fully saturated rings. The molecule has 0 aliphatic carbocycles. The van der Waals surface area contributed by atoms with Gasteiger partial charge < -0.3 is 15.0 Å². The van der Waals surface area contributed by atoms with Gasteiger partial charge in [0.05, 0.1) is 12.2 Å². The van der Waals surface area contributed by atoms with Crippen LogP contribution >= 0.6 is 0 Å². The van der Waals surface area contributed by atoms with Crippen molar-refractivity contribution in [1.29, 1.82) is 0 Å². The molecule has 0 aliphatic rings. The molecule has 1 aromatic heterocycles. The molecule has 0 saturated heterocycles. The number of hydrogen-bond acceptors (Lipinski definition) is 3. The number of H-pyrrole nitrogens is 1. The normalized spacial score (nSPS) is 10.5. The third-order valence-electron chi connectivity index (χ3n) is 3.62. The van der Waals surface area contributed by atoms with Gasteiger partial charge in [-0.2, -0.15) is 0 Å². The van der Waals surface area contributed by atoms with Crippen LogP contribution in [0.15, 0.2) is 18.2 Å². The number of esters is 1. The predicted octanol–water partition coefficient (Wildman–Crippen LogP) is 3.68. The van der Waals surface area contributed by atoms with Gasteiger partial charge in [-0.05, 0) is 63.4 Å². The average Bonchev–Trinajstić information content (AvgIpc) is 2.73. The second-order valence-electron chi connectivity index (χ2n) is 5.68. The molecule has 2 aromatic rings. The zero-order valence-electron chi connectivity index (χ0n) is 14.2. The maximum absolute atomic E-state index is 12.6. The molecule has 122 valence electrons. The van der Waals surface area contributed by atoms with Crippen LogP contribution in [0.2, 0.25) is 0 Å². The number of carbonyl (C=O) groups is 2. The van der Waals surface area contributed by atoms with Crippen LogP contribution in [0.3, 0.4) is 0 Å². The van der Waals surface area contributed by atoms with E-state index in [-0.39, 0.29) is 5.91 Å². The predicted molar refractivity (Wildman–Crippen MR) is 90.1 cm³/mol. The number of nitrogens with one attached hydrogen (secondary N) is 2. The molecule has 23 heavy (non-hydrogen) atoms. The highest BCUT2D eigenvalue weighted by molar-refractivity contribution is 6.08. The molecule has 0 unspecified atom stereocenters. The number of benzene rings is 1. The summed E-state index contributed by atoms with van der Waals surface area (Å²) in [6.07, 6.45) is 0. The van der Waals surface area contributed by atoms with Crippen LogP contribution in [0, 0.1) is 27.7 Å². The van der Waals surface area contributed by atoms with Crippen LogP contribution in [0.1, 0.15) is 50.2 Å². The Morgan fingerprint density at radius 2 is 1.70 bits per heavy atom. The number of aryl methyl sites for hydroxylation is 3. The molecule has 1 heterocycles. The highest BCUT2D eigenvalue weighted by atomic mass is 16.5. The van der Waals surface area contributed by atoms with Crippen molar-refractivity contribution >= 4 is 17.6 Å². The van der Waals surface area contributed by atoms with E-state index in [9.17, 15) is 9.59 Å². The number of carbonyl (C=O) groups excluding carboxylic acids is 2. The lowest BCUT2D eigenvalue weighted by Gasteiger charge is -2.08. The zero-order valence-corrected chi connectivity index (χ0v) is 14.2. The number of aromatic nitrogens is 1. The van der Waals surface area contributed by atoms with Crippen molar-refractivity contribution in [1.82, 2.24) is 4.98 Å². The largest absolute Gasteiger partial charge is 0.461 e. The highest BCUT2D eigenvalue weighted by Gasteiger charge is 2.22. The van der Waals surface area contributed by atoms with Crippen LogP contribution in [0.5, 0.6) is 0 Å². The second kappa shape index (κ2) is 6.69. The molecule has 0 aliphatic heterocycles. The van der Waals surface area contributed by atoms with Crippen molar-refractivity contribution in [2.45, 2.75) is 34.6 Å². The summed E-state index contributed by atoms with van der Waals surface area (Å²) in [6.45, 7) is 9.51. The minimum absolute atomic E-state index is 0.239. The number of aromatic amines is 1. The molecule has 0 radical (unpaired) electrons. The van der Waals surface area contributed by atoms with Gasteiger partial charge in [0.1, 0.15) is 5.69 Å². The van der Waals surface area contributed by atoms with Crippen molar-refractivity contribution < 1.29 is 14.3 Å². The molecule has 2 N–H and O–H groups in total. The lowest BCUT2D eigenvalue weighted by atomic mass is 10.1. The Kier molecular flexibility index (Phi) is 4.89.